The Kier molecular flexibility index (Phi) is 1.79. The van der Waals surface area contributed by atoms with Gasteiger partial charge in [0.15, 0.2) is 0 Å². The van der Waals surface area contributed by atoms with Crippen molar-refractivity contribution in [3.05, 3.63) is 48.7 Å². The molecule has 0 aliphatic rings. The molecule has 0 amide bonds. The van der Waals surface area contributed by atoms with Crippen molar-refractivity contribution in [1.82, 2.24) is 5.10 Å². The van der Waals surface area contributed by atoms with Gasteiger partial charge in [0.05, 0.1) is 0 Å². The molecule has 0 saturated carbocycles. The first-order valence-corrected chi connectivity index (χ1v) is 5.13. The van der Waals surface area contributed by atoms with Crippen molar-refractivity contribution in [2.75, 3.05) is 0 Å². The summed E-state index contributed by atoms with van der Waals surface area (Å²) in [4.78, 5) is 0.862. The van der Waals surface area contributed by atoms with Crippen molar-refractivity contribution in [2.24, 2.45) is 0 Å². The van der Waals surface area contributed by atoms with Crippen LogP contribution in [0.5, 0.6) is 0 Å². The van der Waals surface area contributed by atoms with E-state index in [4.69, 9.17) is 12.6 Å². The zero-order chi connectivity index (χ0) is 10.3. The lowest BCUT2D eigenvalue weighted by Crippen LogP contribution is -2.26. The van der Waals surface area contributed by atoms with Gasteiger partial charge in [0, 0.05) is 17.2 Å². The molecule has 0 radical (unpaired) electrons. The molecule has 72 valence electrons. The van der Waals surface area contributed by atoms with Crippen molar-refractivity contribution in [3.63, 3.8) is 0 Å². The molecule has 2 nitrogen and oxygen atoms in total. The van der Waals surface area contributed by atoms with E-state index in [0.717, 1.165) is 21.3 Å². The highest BCUT2D eigenvalue weighted by atomic mass is 32.1. The van der Waals surface area contributed by atoms with Gasteiger partial charge in [0.1, 0.15) is 5.52 Å². The molecule has 0 unspecified atom stereocenters. The van der Waals surface area contributed by atoms with Gasteiger partial charge in [-0.1, -0.05) is 27.6 Å². The first-order chi connectivity index (χ1) is 7.36. The van der Waals surface area contributed by atoms with Crippen LogP contribution < -0.4 is 4.52 Å². The van der Waals surface area contributed by atoms with E-state index >= 15 is 0 Å². The normalized spacial score (nSPS) is 10.9. The molecule has 0 fully saturated rings. The average molecular weight is 212 g/mol. The maximum atomic E-state index is 5.43. The Morgan fingerprint density at radius 3 is 2.73 bits per heavy atom. The zero-order valence-electron chi connectivity index (χ0n) is 7.92. The predicted octanol–water partition coefficient (Wildman–Crippen LogP) is 1.88. The highest BCUT2D eigenvalue weighted by Gasteiger charge is 2.06. The third-order valence-electron chi connectivity index (χ3n) is 2.44. The summed E-state index contributed by atoms with van der Waals surface area (Å²) in [7, 11) is 0. The lowest BCUT2D eigenvalue weighted by molar-refractivity contribution is -0.579. The Bertz CT molecular complexity index is 595. The van der Waals surface area contributed by atoms with Crippen LogP contribution >= 0.6 is 0 Å². The summed E-state index contributed by atoms with van der Waals surface area (Å²) < 4.78 is 1.82. The van der Waals surface area contributed by atoms with Gasteiger partial charge in [-0.25, -0.2) is 0 Å². The highest BCUT2D eigenvalue weighted by Crippen LogP contribution is 2.17. The fraction of sp³-hybridized carbons (Fsp3) is 0. The first kappa shape index (κ1) is 8.56. The molecule has 0 N–H and O–H groups in total. The molecule has 0 atom stereocenters. The molecule has 3 heteroatoms. The van der Waals surface area contributed by atoms with E-state index in [-0.39, 0.29) is 0 Å². The topological polar surface area (TPSA) is 17.0 Å². The number of pyridine rings is 1. The Labute approximate surface area is 92.6 Å². The highest BCUT2D eigenvalue weighted by molar-refractivity contribution is 7.59. The number of benzene rings is 1. The molecule has 3 rings (SSSR count). The molecule has 1 aromatic carbocycles. The second kappa shape index (κ2) is 3.14. The number of hydrogen-bond acceptors (Lipinski definition) is 2. The molecule has 3 aromatic rings. The molecule has 2 aromatic heterocycles. The smallest absolute Gasteiger partial charge is 0.219 e. The van der Waals surface area contributed by atoms with E-state index in [9.17, 15) is 0 Å². The minimum absolute atomic E-state index is 0.862. The monoisotopic (exact) mass is 212 g/mol. The largest absolute Gasteiger partial charge is 0.773 e. The maximum absolute atomic E-state index is 5.43. The van der Waals surface area contributed by atoms with Gasteiger partial charge in [0.2, 0.25) is 11.7 Å². The molecule has 0 aliphatic carbocycles. The summed E-state index contributed by atoms with van der Waals surface area (Å²) in [5.74, 6) is 0. The number of fused-ring (bicyclic) bond motifs is 2. The minimum atomic E-state index is 0.862. The van der Waals surface area contributed by atoms with Gasteiger partial charge >= 0.3 is 0 Å². The first-order valence-electron chi connectivity index (χ1n) is 4.73. The number of hydrogen-bond donors (Lipinski definition) is 0. The number of rotatable bonds is 0. The number of aromatic nitrogens is 2. The van der Waals surface area contributed by atoms with E-state index in [1.165, 1.54) is 0 Å². The van der Waals surface area contributed by atoms with Crippen LogP contribution in [0, 0.1) is 0 Å². The SMILES string of the molecule is [S-]c1c2ccccc2n[n+]2ccccc12. The summed E-state index contributed by atoms with van der Waals surface area (Å²) in [6.07, 6.45) is 1.91. The van der Waals surface area contributed by atoms with Crippen LogP contribution in [0.4, 0.5) is 0 Å². The average Bonchev–Trinajstić information content (AvgIpc) is 2.30. The van der Waals surface area contributed by atoms with Gasteiger partial charge in [-0.3, -0.25) is 0 Å². The minimum Gasteiger partial charge on any atom is -0.773 e. The molecule has 0 spiro atoms. The van der Waals surface area contributed by atoms with Crippen LogP contribution in [-0.4, -0.2) is 5.10 Å². The van der Waals surface area contributed by atoms with E-state index in [2.05, 4.69) is 5.10 Å². The van der Waals surface area contributed by atoms with Crippen LogP contribution in [0.25, 0.3) is 16.4 Å². The van der Waals surface area contributed by atoms with Crippen molar-refractivity contribution >= 4 is 29.0 Å². The summed E-state index contributed by atoms with van der Waals surface area (Å²) in [5, 5.41) is 5.53. The molecule has 0 bridgehead atoms. The summed E-state index contributed by atoms with van der Waals surface area (Å²) in [5.41, 5.74) is 1.91. The Morgan fingerprint density at radius 2 is 1.80 bits per heavy atom. The van der Waals surface area contributed by atoms with Crippen LogP contribution in [0.1, 0.15) is 0 Å². The quantitative estimate of drug-likeness (QED) is 0.321. The Hall–Kier alpha value is -1.74. The summed E-state index contributed by atoms with van der Waals surface area (Å²) in [6.45, 7) is 0. The molecule has 15 heavy (non-hydrogen) atoms. The maximum Gasteiger partial charge on any atom is 0.219 e. The predicted molar refractivity (Wildman–Crippen MR) is 60.5 cm³/mol. The van der Waals surface area contributed by atoms with Gasteiger partial charge in [-0.05, 0) is 17.5 Å². The van der Waals surface area contributed by atoms with Crippen molar-refractivity contribution in [3.8, 4) is 0 Å². The van der Waals surface area contributed by atoms with Gasteiger partial charge in [-0.2, -0.15) is 0 Å². The molecular weight excluding hydrogens is 204 g/mol. The van der Waals surface area contributed by atoms with Crippen LogP contribution in [0.3, 0.4) is 0 Å². The van der Waals surface area contributed by atoms with Crippen LogP contribution in [0.2, 0.25) is 0 Å². The van der Waals surface area contributed by atoms with Crippen molar-refractivity contribution in [2.45, 2.75) is 4.90 Å². The summed E-state index contributed by atoms with van der Waals surface area (Å²) >= 11 is 5.43. The summed E-state index contributed by atoms with van der Waals surface area (Å²) in [6, 6.07) is 13.9. The Morgan fingerprint density at radius 1 is 1.00 bits per heavy atom. The Balaban J connectivity index is 2.60. The fourth-order valence-corrected chi connectivity index (χ4v) is 2.04. The van der Waals surface area contributed by atoms with Gasteiger partial charge < -0.3 is 12.6 Å². The van der Waals surface area contributed by atoms with Crippen LogP contribution in [-0.2, 0) is 12.6 Å². The van der Waals surface area contributed by atoms with E-state index in [1.54, 1.807) is 0 Å². The standard InChI is InChI=1S/C12H8N2S/c15-12-9-5-1-2-6-10(9)13-14-8-4-3-7-11(12)14/h1-8H. The number of nitrogens with zero attached hydrogens (tertiary/aromatic N) is 2. The molecule has 2 heterocycles. The third-order valence-corrected chi connectivity index (χ3v) is 2.87. The van der Waals surface area contributed by atoms with Crippen molar-refractivity contribution < 1.29 is 4.52 Å². The lowest BCUT2D eigenvalue weighted by Gasteiger charge is -2.07. The van der Waals surface area contributed by atoms with Gasteiger partial charge in [-0.15, -0.1) is 0 Å². The van der Waals surface area contributed by atoms with E-state index < -0.39 is 0 Å². The zero-order valence-corrected chi connectivity index (χ0v) is 8.74. The fourth-order valence-electron chi connectivity index (χ4n) is 1.71. The van der Waals surface area contributed by atoms with Crippen LogP contribution in [0.15, 0.2) is 53.6 Å². The lowest BCUT2D eigenvalue weighted by atomic mass is 10.2. The van der Waals surface area contributed by atoms with E-state index in [0.29, 0.717) is 0 Å². The van der Waals surface area contributed by atoms with Crippen molar-refractivity contribution in [1.29, 1.82) is 0 Å². The molecule has 0 aliphatic heterocycles. The molecular formula is C12H8N2S. The second-order valence-corrected chi connectivity index (χ2v) is 3.78. The third kappa shape index (κ3) is 1.24. The molecule has 0 saturated heterocycles. The van der Waals surface area contributed by atoms with E-state index in [1.807, 2.05) is 53.2 Å². The second-order valence-electron chi connectivity index (χ2n) is 3.38. The van der Waals surface area contributed by atoms with Gasteiger partial charge in [0.25, 0.3) is 0 Å².